The third kappa shape index (κ3) is 6.26. The Labute approximate surface area is 151 Å². The minimum atomic E-state index is -1.15. The summed E-state index contributed by atoms with van der Waals surface area (Å²) >= 11 is 0. The Bertz CT molecular complexity index is 687. The van der Waals surface area contributed by atoms with Crippen LogP contribution in [0.1, 0.15) is 37.0 Å². The van der Waals surface area contributed by atoms with Crippen molar-refractivity contribution in [1.29, 1.82) is 0 Å². The maximum absolute atomic E-state index is 12.3. The number of aliphatic carboxylic acids is 1. The quantitative estimate of drug-likeness (QED) is 0.306. The first-order valence-electron chi connectivity index (χ1n) is 8.09. The molecule has 0 bridgehead atoms. The van der Waals surface area contributed by atoms with Crippen LogP contribution in [0.2, 0.25) is 0 Å². The third-order valence-corrected chi connectivity index (χ3v) is 3.46. The Morgan fingerprint density at radius 2 is 1.96 bits per heavy atom. The normalized spacial score (nSPS) is 12.6. The number of nitrogens with one attached hydrogen (secondary N) is 3. The number of carboxylic acid groups (broad SMARTS) is 1. The Balaban J connectivity index is 2.82. The van der Waals surface area contributed by atoms with Crippen molar-refractivity contribution in [1.82, 2.24) is 20.9 Å². The van der Waals surface area contributed by atoms with Crippen LogP contribution < -0.4 is 16.0 Å². The molecule has 26 heavy (non-hydrogen) atoms. The van der Waals surface area contributed by atoms with E-state index in [2.05, 4.69) is 20.9 Å². The van der Waals surface area contributed by atoms with Gasteiger partial charge < -0.3 is 20.8 Å². The van der Waals surface area contributed by atoms with Crippen LogP contribution in [-0.2, 0) is 16.1 Å². The molecule has 9 nitrogen and oxygen atoms in total. The zero-order valence-corrected chi connectivity index (χ0v) is 14.9. The van der Waals surface area contributed by atoms with Crippen LogP contribution in [0.15, 0.2) is 30.0 Å². The average Bonchev–Trinajstić information content (AvgIpc) is 2.61. The van der Waals surface area contributed by atoms with Crippen molar-refractivity contribution in [3.05, 3.63) is 41.4 Å². The first kappa shape index (κ1) is 21.3. The molecule has 0 fully saturated rings. The number of rotatable bonds is 9. The van der Waals surface area contributed by atoms with Gasteiger partial charge in [-0.3, -0.25) is 14.9 Å². The second kappa shape index (κ2) is 10.3. The van der Waals surface area contributed by atoms with E-state index < -0.39 is 23.8 Å². The van der Waals surface area contributed by atoms with Crippen molar-refractivity contribution < 1.29 is 24.6 Å². The molecule has 0 aliphatic rings. The minimum absolute atomic E-state index is 0.0670. The van der Waals surface area contributed by atoms with E-state index in [0.29, 0.717) is 5.69 Å². The Hall–Kier alpha value is -2.78. The average molecular weight is 364 g/mol. The van der Waals surface area contributed by atoms with Gasteiger partial charge in [0.05, 0.1) is 12.4 Å². The van der Waals surface area contributed by atoms with Gasteiger partial charge in [-0.15, -0.1) is 0 Å². The first-order chi connectivity index (χ1) is 12.3. The summed E-state index contributed by atoms with van der Waals surface area (Å²) in [5.74, 6) is -2.76. The Morgan fingerprint density at radius 1 is 1.27 bits per heavy atom. The van der Waals surface area contributed by atoms with Gasteiger partial charge in [-0.1, -0.05) is 26.0 Å². The van der Waals surface area contributed by atoms with E-state index in [1.807, 2.05) is 0 Å². The number of carbonyl (C=O) groups excluding carboxylic acids is 2. The smallest absolute Gasteiger partial charge is 0.326 e. The number of hydrogen-bond donors (Lipinski definition) is 5. The van der Waals surface area contributed by atoms with E-state index in [0.717, 1.165) is 0 Å². The predicted octanol–water partition coefficient (Wildman–Crippen LogP) is -0.0200. The number of pyridine rings is 1. The molecule has 2 amide bonds. The lowest BCUT2D eigenvalue weighted by Crippen LogP contribution is -2.47. The van der Waals surface area contributed by atoms with Crippen LogP contribution in [0.5, 0.6) is 0 Å². The molecule has 1 aromatic rings. The van der Waals surface area contributed by atoms with Gasteiger partial charge in [0, 0.05) is 6.54 Å². The fraction of sp³-hybridized carbons (Fsp3) is 0.412. The summed E-state index contributed by atoms with van der Waals surface area (Å²) in [6, 6.07) is 3.73. The highest BCUT2D eigenvalue weighted by molar-refractivity contribution is 6.02. The summed E-state index contributed by atoms with van der Waals surface area (Å²) in [6.07, 6.45) is 1.38. The summed E-state index contributed by atoms with van der Waals surface area (Å²) in [7, 11) is 0. The summed E-state index contributed by atoms with van der Waals surface area (Å²) < 4.78 is 0. The molecule has 1 atom stereocenters. The molecular weight excluding hydrogens is 340 g/mol. The molecule has 0 saturated heterocycles. The second-order valence-electron chi connectivity index (χ2n) is 5.79. The maximum atomic E-state index is 12.3. The van der Waals surface area contributed by atoms with Gasteiger partial charge in [0.25, 0.3) is 11.8 Å². The number of aliphatic hydroxyl groups is 1. The Kier molecular flexibility index (Phi) is 8.40. The largest absolute Gasteiger partial charge is 0.480 e. The molecule has 0 aliphatic heterocycles. The van der Waals surface area contributed by atoms with E-state index in [4.69, 9.17) is 10.2 Å². The fourth-order valence-corrected chi connectivity index (χ4v) is 2.07. The highest BCUT2D eigenvalue weighted by Gasteiger charge is 2.25. The lowest BCUT2D eigenvalue weighted by atomic mass is 10.0. The van der Waals surface area contributed by atoms with Crippen molar-refractivity contribution in [3.8, 4) is 0 Å². The maximum Gasteiger partial charge on any atom is 0.326 e. The summed E-state index contributed by atoms with van der Waals surface area (Å²) in [6.45, 7) is 4.95. The molecule has 0 aliphatic carbocycles. The monoisotopic (exact) mass is 364 g/mol. The van der Waals surface area contributed by atoms with E-state index >= 15 is 0 Å². The van der Waals surface area contributed by atoms with E-state index in [9.17, 15) is 14.4 Å². The number of aliphatic hydroxyl groups excluding tert-OH is 1. The van der Waals surface area contributed by atoms with Crippen LogP contribution in [0.25, 0.3) is 0 Å². The number of allylic oxidation sites excluding steroid dienone is 1. The zero-order chi connectivity index (χ0) is 19.7. The first-order valence-corrected chi connectivity index (χ1v) is 8.09. The lowest BCUT2D eigenvalue weighted by molar-refractivity contribution is -0.142. The molecule has 0 saturated carbocycles. The van der Waals surface area contributed by atoms with Crippen molar-refractivity contribution in [3.63, 3.8) is 0 Å². The van der Waals surface area contributed by atoms with Crippen LogP contribution in [0, 0.1) is 5.92 Å². The summed E-state index contributed by atoms with van der Waals surface area (Å²) in [4.78, 5) is 39.9. The molecule has 0 unspecified atom stereocenters. The van der Waals surface area contributed by atoms with Crippen molar-refractivity contribution in [2.24, 2.45) is 5.92 Å². The fourth-order valence-electron chi connectivity index (χ4n) is 2.07. The summed E-state index contributed by atoms with van der Waals surface area (Å²) in [5, 5.41) is 25.4. The SMILES string of the molecule is C/C=C(\NC(=O)c1cccc(CNCO)n1)C(=O)N[C@H](C(=O)O)C(C)C. The van der Waals surface area contributed by atoms with Crippen LogP contribution >= 0.6 is 0 Å². The zero-order valence-electron chi connectivity index (χ0n) is 14.9. The minimum Gasteiger partial charge on any atom is -0.480 e. The third-order valence-electron chi connectivity index (χ3n) is 3.46. The highest BCUT2D eigenvalue weighted by Crippen LogP contribution is 2.05. The number of carbonyl (C=O) groups is 3. The van der Waals surface area contributed by atoms with Crippen LogP contribution in [0.3, 0.4) is 0 Å². The van der Waals surface area contributed by atoms with Crippen LogP contribution in [-0.4, -0.2) is 45.8 Å². The molecule has 0 spiro atoms. The van der Waals surface area contributed by atoms with Gasteiger partial charge in [-0.25, -0.2) is 9.78 Å². The Morgan fingerprint density at radius 3 is 2.50 bits per heavy atom. The van der Waals surface area contributed by atoms with Gasteiger partial charge >= 0.3 is 5.97 Å². The second-order valence-corrected chi connectivity index (χ2v) is 5.79. The molecule has 0 radical (unpaired) electrons. The van der Waals surface area contributed by atoms with Gasteiger partial charge in [-0.05, 0) is 25.0 Å². The van der Waals surface area contributed by atoms with Gasteiger partial charge in [0.2, 0.25) is 0 Å². The molecule has 142 valence electrons. The number of aromatic nitrogens is 1. The van der Waals surface area contributed by atoms with Gasteiger partial charge in [-0.2, -0.15) is 0 Å². The molecule has 5 N–H and O–H groups in total. The highest BCUT2D eigenvalue weighted by atomic mass is 16.4. The molecule has 1 heterocycles. The lowest BCUT2D eigenvalue weighted by Gasteiger charge is -2.19. The molecular formula is C17H24N4O5. The molecule has 0 aromatic carbocycles. The van der Waals surface area contributed by atoms with Crippen molar-refractivity contribution in [2.75, 3.05) is 6.73 Å². The van der Waals surface area contributed by atoms with Crippen LogP contribution in [0.4, 0.5) is 0 Å². The van der Waals surface area contributed by atoms with E-state index in [1.165, 1.54) is 12.1 Å². The van der Waals surface area contributed by atoms with Crippen molar-refractivity contribution >= 4 is 17.8 Å². The predicted molar refractivity (Wildman–Crippen MR) is 93.8 cm³/mol. The van der Waals surface area contributed by atoms with E-state index in [-0.39, 0.29) is 30.6 Å². The number of amides is 2. The van der Waals surface area contributed by atoms with Crippen molar-refractivity contribution in [2.45, 2.75) is 33.4 Å². The molecule has 1 rings (SSSR count). The molecule has 1 aromatic heterocycles. The topological polar surface area (TPSA) is 141 Å². The van der Waals surface area contributed by atoms with Gasteiger partial charge in [0.15, 0.2) is 0 Å². The number of nitrogens with zero attached hydrogens (tertiary/aromatic N) is 1. The molecule has 9 heteroatoms. The van der Waals surface area contributed by atoms with E-state index in [1.54, 1.807) is 32.9 Å². The standard InChI is InChI=1S/C17H24N4O5/c1-4-12(15(23)21-14(10(2)3)17(25)26)20-16(24)13-7-5-6-11(19-13)8-18-9-22/h4-7,10,14,18,22H,8-9H2,1-3H3,(H,20,24)(H,21,23)(H,25,26)/b12-4-/t14-/m0/s1. The number of hydrogen-bond acceptors (Lipinski definition) is 6. The number of carboxylic acids is 1. The summed E-state index contributed by atoms with van der Waals surface area (Å²) in [5.41, 5.74) is 0.569. The van der Waals surface area contributed by atoms with Gasteiger partial charge in [0.1, 0.15) is 17.4 Å².